The van der Waals surface area contributed by atoms with Gasteiger partial charge in [-0.1, -0.05) is 42.6 Å². The Kier molecular flexibility index (Phi) is 6.32. The Morgan fingerprint density at radius 2 is 1.83 bits per heavy atom. The Morgan fingerprint density at radius 1 is 1.17 bits per heavy atom. The third-order valence-corrected chi connectivity index (χ3v) is 5.84. The van der Waals surface area contributed by atoms with Gasteiger partial charge < -0.3 is 9.73 Å². The number of amides is 1. The first kappa shape index (κ1) is 18.8. The number of carbonyl (C=O) groups excluding carboxylic acids is 1. The second kappa shape index (κ2) is 8.05. The molecular weight excluding hydrogens is 373 g/mol. The van der Waals surface area contributed by atoms with Crippen molar-refractivity contribution in [1.29, 1.82) is 0 Å². The summed E-state index contributed by atoms with van der Waals surface area (Å²) in [4.78, 5) is 11.7. The van der Waals surface area contributed by atoms with Crippen LogP contribution >= 0.6 is 23.2 Å². The van der Waals surface area contributed by atoms with E-state index in [1.807, 2.05) is 6.92 Å². The Balaban J connectivity index is 2.15. The summed E-state index contributed by atoms with van der Waals surface area (Å²) in [5.41, 5.74) is 0. The number of hydrogen-bond acceptors (Lipinski definition) is 4. The zero-order valence-electron chi connectivity index (χ0n) is 13.0. The third-order valence-electron chi connectivity index (χ3n) is 3.26. The summed E-state index contributed by atoms with van der Waals surface area (Å²) in [7, 11) is -3.80. The van der Waals surface area contributed by atoms with E-state index in [1.165, 1.54) is 24.3 Å². The zero-order valence-corrected chi connectivity index (χ0v) is 15.3. The molecule has 0 saturated carbocycles. The lowest BCUT2D eigenvalue weighted by atomic mass is 10.3. The summed E-state index contributed by atoms with van der Waals surface area (Å²) < 4.78 is 30.3. The first-order valence-corrected chi connectivity index (χ1v) is 9.79. The summed E-state index contributed by atoms with van der Waals surface area (Å²) >= 11 is 11.9. The van der Waals surface area contributed by atoms with Crippen LogP contribution in [0.1, 0.15) is 36.1 Å². The molecule has 0 atom stereocenters. The van der Waals surface area contributed by atoms with E-state index in [-0.39, 0.29) is 32.4 Å². The zero-order chi connectivity index (χ0) is 17.7. The van der Waals surface area contributed by atoms with Crippen LogP contribution in [0.5, 0.6) is 0 Å². The Hall–Kier alpha value is -1.50. The number of rotatable bonds is 7. The van der Waals surface area contributed by atoms with Crippen LogP contribution in [0.25, 0.3) is 0 Å². The molecule has 5 nitrogen and oxygen atoms in total. The Morgan fingerprint density at radius 3 is 2.46 bits per heavy atom. The molecule has 1 aromatic heterocycles. The fourth-order valence-electron chi connectivity index (χ4n) is 2.08. The van der Waals surface area contributed by atoms with Crippen LogP contribution in [0, 0.1) is 0 Å². The average Bonchev–Trinajstić information content (AvgIpc) is 2.94. The van der Waals surface area contributed by atoms with Crippen molar-refractivity contribution in [2.24, 2.45) is 0 Å². The van der Waals surface area contributed by atoms with Crippen LogP contribution in [0.4, 0.5) is 0 Å². The van der Waals surface area contributed by atoms with E-state index >= 15 is 0 Å². The SMILES string of the molecule is CCCCNC(=O)c1ccc(CS(=O)(=O)c2c(Cl)cccc2Cl)o1. The maximum absolute atomic E-state index is 12.5. The van der Waals surface area contributed by atoms with E-state index in [1.54, 1.807) is 6.07 Å². The number of nitrogens with one attached hydrogen (secondary N) is 1. The van der Waals surface area contributed by atoms with Crippen molar-refractivity contribution in [1.82, 2.24) is 5.32 Å². The number of benzene rings is 1. The van der Waals surface area contributed by atoms with E-state index in [0.717, 1.165) is 12.8 Å². The normalized spacial score (nSPS) is 11.5. The van der Waals surface area contributed by atoms with E-state index in [4.69, 9.17) is 27.6 Å². The van der Waals surface area contributed by atoms with E-state index in [9.17, 15) is 13.2 Å². The summed E-state index contributed by atoms with van der Waals surface area (Å²) in [6.07, 6.45) is 1.82. The highest BCUT2D eigenvalue weighted by molar-refractivity contribution is 7.90. The van der Waals surface area contributed by atoms with Crippen molar-refractivity contribution in [2.45, 2.75) is 30.4 Å². The van der Waals surface area contributed by atoms with Gasteiger partial charge in [-0.2, -0.15) is 0 Å². The summed E-state index contributed by atoms with van der Waals surface area (Å²) in [6, 6.07) is 7.37. The van der Waals surface area contributed by atoms with Gasteiger partial charge in [0.05, 0.1) is 10.0 Å². The molecule has 0 fully saturated rings. The number of furan rings is 1. The number of hydrogen-bond donors (Lipinski definition) is 1. The molecule has 0 unspecified atom stereocenters. The first-order valence-electron chi connectivity index (χ1n) is 7.39. The summed E-state index contributed by atoms with van der Waals surface area (Å²) in [5.74, 6) is -0.588. The molecule has 130 valence electrons. The number of unbranched alkanes of at least 4 members (excludes halogenated alkanes) is 1. The maximum atomic E-state index is 12.5. The molecule has 24 heavy (non-hydrogen) atoms. The van der Waals surface area contributed by atoms with Gasteiger partial charge in [0, 0.05) is 6.54 Å². The predicted molar refractivity (Wildman–Crippen MR) is 93.3 cm³/mol. The van der Waals surface area contributed by atoms with Crippen LogP contribution in [0.3, 0.4) is 0 Å². The summed E-state index contributed by atoms with van der Waals surface area (Å²) in [5, 5.41) is 2.80. The molecule has 2 aromatic rings. The van der Waals surface area contributed by atoms with E-state index in [2.05, 4.69) is 5.32 Å². The van der Waals surface area contributed by atoms with Crippen molar-refractivity contribution < 1.29 is 17.6 Å². The Labute approximate surface area is 150 Å². The molecule has 0 bridgehead atoms. The highest BCUT2D eigenvalue weighted by Crippen LogP contribution is 2.31. The molecule has 0 saturated heterocycles. The second-order valence-electron chi connectivity index (χ2n) is 5.19. The predicted octanol–water partition coefficient (Wildman–Crippen LogP) is 4.09. The third kappa shape index (κ3) is 4.53. The highest BCUT2D eigenvalue weighted by Gasteiger charge is 2.24. The molecule has 1 N–H and O–H groups in total. The van der Waals surface area contributed by atoms with Gasteiger partial charge in [-0.25, -0.2) is 8.42 Å². The lowest BCUT2D eigenvalue weighted by Gasteiger charge is -2.07. The van der Waals surface area contributed by atoms with Crippen LogP contribution in [-0.2, 0) is 15.6 Å². The van der Waals surface area contributed by atoms with Crippen molar-refractivity contribution >= 4 is 38.9 Å². The molecule has 1 aromatic carbocycles. The van der Waals surface area contributed by atoms with Gasteiger partial charge in [0.1, 0.15) is 16.4 Å². The Bertz CT molecular complexity index is 810. The molecule has 0 radical (unpaired) electrons. The molecule has 0 spiro atoms. The standard InChI is InChI=1S/C16H17Cl2NO4S/c1-2-3-9-19-16(20)14-8-7-11(23-14)10-24(21,22)15-12(17)5-4-6-13(15)18/h4-8H,2-3,9-10H2,1H3,(H,19,20). The minimum atomic E-state index is -3.80. The van der Waals surface area contributed by atoms with E-state index in [0.29, 0.717) is 6.54 Å². The van der Waals surface area contributed by atoms with Crippen LogP contribution in [0.15, 0.2) is 39.6 Å². The van der Waals surface area contributed by atoms with Crippen molar-refractivity contribution in [2.75, 3.05) is 6.54 Å². The fourth-order valence-corrected chi connectivity index (χ4v) is 4.59. The minimum absolute atomic E-state index is 0.0478. The van der Waals surface area contributed by atoms with Gasteiger partial charge >= 0.3 is 0 Å². The summed E-state index contributed by atoms with van der Waals surface area (Å²) in [6.45, 7) is 2.56. The molecular formula is C16H17Cl2NO4S. The van der Waals surface area contributed by atoms with Gasteiger partial charge in [-0.05, 0) is 30.7 Å². The first-order chi connectivity index (χ1) is 11.3. The van der Waals surface area contributed by atoms with Crippen LogP contribution in [-0.4, -0.2) is 20.9 Å². The van der Waals surface area contributed by atoms with E-state index < -0.39 is 15.6 Å². The smallest absolute Gasteiger partial charge is 0.286 e. The molecule has 0 aliphatic rings. The molecule has 0 aliphatic heterocycles. The number of halogens is 2. The van der Waals surface area contributed by atoms with Gasteiger partial charge in [0.15, 0.2) is 15.6 Å². The second-order valence-corrected chi connectivity index (χ2v) is 7.93. The molecule has 1 heterocycles. The van der Waals surface area contributed by atoms with Crippen molar-refractivity contribution in [3.05, 3.63) is 51.9 Å². The van der Waals surface area contributed by atoms with Crippen molar-refractivity contribution in [3.63, 3.8) is 0 Å². The topological polar surface area (TPSA) is 76.4 Å². The van der Waals surface area contributed by atoms with Gasteiger partial charge in [-0.3, -0.25) is 4.79 Å². The number of carbonyl (C=O) groups is 1. The molecule has 8 heteroatoms. The van der Waals surface area contributed by atoms with Gasteiger partial charge in [0.25, 0.3) is 5.91 Å². The monoisotopic (exact) mass is 389 g/mol. The lowest BCUT2D eigenvalue weighted by Crippen LogP contribution is -2.23. The van der Waals surface area contributed by atoms with Gasteiger partial charge in [-0.15, -0.1) is 0 Å². The molecule has 0 aliphatic carbocycles. The van der Waals surface area contributed by atoms with Gasteiger partial charge in [0.2, 0.25) is 0 Å². The largest absolute Gasteiger partial charge is 0.455 e. The average molecular weight is 390 g/mol. The van der Waals surface area contributed by atoms with Crippen LogP contribution in [0.2, 0.25) is 10.0 Å². The molecule has 2 rings (SSSR count). The van der Waals surface area contributed by atoms with Crippen LogP contribution < -0.4 is 5.32 Å². The quantitative estimate of drug-likeness (QED) is 0.723. The minimum Gasteiger partial charge on any atom is -0.455 e. The van der Waals surface area contributed by atoms with Crippen molar-refractivity contribution in [3.8, 4) is 0 Å². The maximum Gasteiger partial charge on any atom is 0.286 e. The fraction of sp³-hybridized carbons (Fsp3) is 0.312. The molecule has 1 amide bonds. The lowest BCUT2D eigenvalue weighted by molar-refractivity contribution is 0.0924. The number of sulfone groups is 1. The highest BCUT2D eigenvalue weighted by atomic mass is 35.5.